The van der Waals surface area contributed by atoms with E-state index in [2.05, 4.69) is 20.2 Å². The smallest absolute Gasteiger partial charge is 0.251 e. The number of likely N-dealkylation sites (tertiary alicyclic amines) is 1. The molecule has 1 aliphatic heterocycles. The Morgan fingerprint density at radius 3 is 2.65 bits per heavy atom. The highest BCUT2D eigenvalue weighted by Crippen LogP contribution is 2.29. The zero-order valence-corrected chi connectivity index (χ0v) is 19.9. The van der Waals surface area contributed by atoms with Crippen LogP contribution in [0.3, 0.4) is 0 Å². The van der Waals surface area contributed by atoms with Crippen LogP contribution in [0.25, 0.3) is 33.7 Å². The maximum Gasteiger partial charge on any atom is 0.251 e. The van der Waals surface area contributed by atoms with Crippen molar-refractivity contribution in [2.24, 2.45) is 0 Å². The number of carbonyl (C=O) groups is 1. The van der Waals surface area contributed by atoms with E-state index in [-0.39, 0.29) is 18.3 Å². The molecule has 2 aromatic heterocycles. The molecule has 2 N–H and O–H groups in total. The largest absolute Gasteiger partial charge is 0.497 e. The molecule has 0 bridgehead atoms. The second-order valence-electron chi connectivity index (χ2n) is 8.26. The van der Waals surface area contributed by atoms with E-state index in [1.807, 2.05) is 54.6 Å². The lowest BCUT2D eigenvalue weighted by Crippen LogP contribution is -2.33. The highest BCUT2D eigenvalue weighted by molar-refractivity contribution is 5.96. The molecule has 0 atom stereocenters. The van der Waals surface area contributed by atoms with E-state index >= 15 is 0 Å². The lowest BCUT2D eigenvalue weighted by atomic mass is 10.1. The van der Waals surface area contributed by atoms with Crippen molar-refractivity contribution in [1.82, 2.24) is 25.2 Å². The molecule has 7 nitrogen and oxygen atoms in total. The Morgan fingerprint density at radius 2 is 1.88 bits per heavy atom. The number of H-pyrrole nitrogens is 1. The van der Waals surface area contributed by atoms with Crippen molar-refractivity contribution < 1.29 is 9.53 Å². The van der Waals surface area contributed by atoms with Crippen LogP contribution >= 0.6 is 12.4 Å². The van der Waals surface area contributed by atoms with Crippen LogP contribution in [-0.2, 0) is 0 Å². The number of rotatable bonds is 7. The molecule has 4 aromatic rings. The highest BCUT2D eigenvalue weighted by atomic mass is 35.5. The molecule has 0 aliphatic carbocycles. The van der Waals surface area contributed by atoms with E-state index in [1.165, 1.54) is 12.8 Å². The first-order valence-corrected chi connectivity index (χ1v) is 11.3. The summed E-state index contributed by atoms with van der Waals surface area (Å²) in [6.45, 7) is 3.81. The number of nitrogens with one attached hydrogen (secondary N) is 2. The third-order valence-corrected chi connectivity index (χ3v) is 6.10. The van der Waals surface area contributed by atoms with Gasteiger partial charge in [-0.25, -0.2) is 9.97 Å². The quantitative estimate of drug-likeness (QED) is 0.408. The number of hydrogen-bond acceptors (Lipinski definition) is 5. The van der Waals surface area contributed by atoms with E-state index in [1.54, 1.807) is 13.3 Å². The maximum absolute atomic E-state index is 12.7. The third-order valence-electron chi connectivity index (χ3n) is 6.10. The minimum atomic E-state index is -0.0656. The fourth-order valence-corrected chi connectivity index (χ4v) is 4.29. The van der Waals surface area contributed by atoms with E-state index in [9.17, 15) is 4.79 Å². The summed E-state index contributed by atoms with van der Waals surface area (Å²) in [6.07, 6.45) is 4.28. The normalized spacial score (nSPS) is 13.6. The number of aromatic nitrogens is 3. The molecule has 0 radical (unpaired) electrons. The SMILES string of the molecule is COc1ccc(-c2ccnc3[nH]c(-c4cccc(C(=O)NCCN5CCCC5)c4)nc23)cc1.Cl. The molecule has 1 saturated heterocycles. The Hall–Kier alpha value is -3.42. The van der Waals surface area contributed by atoms with Gasteiger partial charge in [0.15, 0.2) is 5.65 Å². The molecule has 34 heavy (non-hydrogen) atoms. The number of methoxy groups -OCH3 is 1. The number of carbonyl (C=O) groups excluding carboxylic acids is 1. The monoisotopic (exact) mass is 477 g/mol. The van der Waals surface area contributed by atoms with Gasteiger partial charge in [-0.15, -0.1) is 12.4 Å². The number of halogens is 1. The zero-order chi connectivity index (χ0) is 22.6. The number of aromatic amines is 1. The minimum absolute atomic E-state index is 0. The molecule has 0 unspecified atom stereocenters. The van der Waals surface area contributed by atoms with Crippen LogP contribution in [0.4, 0.5) is 0 Å². The molecule has 3 heterocycles. The molecule has 176 valence electrons. The van der Waals surface area contributed by atoms with Gasteiger partial charge in [0, 0.05) is 36.0 Å². The standard InChI is InChI=1S/C26H27N5O2.ClH/c1-33-21-9-7-18(8-10-21)22-11-12-27-25-23(22)29-24(30-25)19-5-4-6-20(17-19)26(32)28-13-16-31-14-2-3-15-31;/h4-12,17H,2-3,13-16H2,1H3,(H,28,32)(H,27,29,30);1H. The summed E-state index contributed by atoms with van der Waals surface area (Å²) >= 11 is 0. The summed E-state index contributed by atoms with van der Waals surface area (Å²) in [5, 5.41) is 3.04. The van der Waals surface area contributed by atoms with E-state index in [0.29, 0.717) is 23.6 Å². The molecular formula is C26H28ClN5O2. The van der Waals surface area contributed by atoms with Gasteiger partial charge in [0.05, 0.1) is 7.11 Å². The second-order valence-corrected chi connectivity index (χ2v) is 8.26. The van der Waals surface area contributed by atoms with Crippen molar-refractivity contribution in [2.75, 3.05) is 33.3 Å². The van der Waals surface area contributed by atoms with Crippen LogP contribution in [0, 0.1) is 0 Å². The van der Waals surface area contributed by atoms with Crippen LogP contribution in [0.15, 0.2) is 60.8 Å². The summed E-state index contributed by atoms with van der Waals surface area (Å²) < 4.78 is 5.27. The molecule has 2 aromatic carbocycles. The summed E-state index contributed by atoms with van der Waals surface area (Å²) in [4.78, 5) is 27.7. The number of benzene rings is 2. The number of imidazole rings is 1. The van der Waals surface area contributed by atoms with Gasteiger partial charge in [0.2, 0.25) is 0 Å². The fraction of sp³-hybridized carbons (Fsp3) is 0.269. The molecule has 0 saturated carbocycles. The van der Waals surface area contributed by atoms with Crippen LogP contribution < -0.4 is 10.1 Å². The number of fused-ring (bicyclic) bond motifs is 1. The van der Waals surface area contributed by atoms with Crippen LogP contribution in [-0.4, -0.2) is 59.0 Å². The van der Waals surface area contributed by atoms with E-state index in [4.69, 9.17) is 9.72 Å². The molecule has 8 heteroatoms. The van der Waals surface area contributed by atoms with Crippen molar-refractivity contribution >= 4 is 29.5 Å². The van der Waals surface area contributed by atoms with Gasteiger partial charge in [0.25, 0.3) is 5.91 Å². The lowest BCUT2D eigenvalue weighted by molar-refractivity contribution is 0.0950. The van der Waals surface area contributed by atoms with Crippen molar-refractivity contribution in [2.45, 2.75) is 12.8 Å². The van der Waals surface area contributed by atoms with Gasteiger partial charge in [-0.1, -0.05) is 24.3 Å². The van der Waals surface area contributed by atoms with Gasteiger partial charge in [-0.3, -0.25) is 4.79 Å². The third kappa shape index (κ3) is 5.05. The Labute approximate surface area is 205 Å². The fourth-order valence-electron chi connectivity index (χ4n) is 4.29. The molecule has 0 spiro atoms. The number of amides is 1. The topological polar surface area (TPSA) is 83.1 Å². The maximum atomic E-state index is 12.7. The summed E-state index contributed by atoms with van der Waals surface area (Å²) in [5.74, 6) is 1.43. The Balaban J connectivity index is 0.00000274. The molecule has 5 rings (SSSR count). The van der Waals surface area contributed by atoms with Gasteiger partial charge in [-0.2, -0.15) is 0 Å². The molecular weight excluding hydrogens is 450 g/mol. The number of pyridine rings is 1. The van der Waals surface area contributed by atoms with Gasteiger partial charge >= 0.3 is 0 Å². The number of ether oxygens (including phenoxy) is 1. The Morgan fingerprint density at radius 1 is 1.09 bits per heavy atom. The first kappa shape index (κ1) is 23.7. The first-order chi connectivity index (χ1) is 16.2. The number of hydrogen-bond donors (Lipinski definition) is 2. The van der Waals surface area contributed by atoms with Crippen molar-refractivity contribution in [3.8, 4) is 28.3 Å². The predicted molar refractivity (Wildman–Crippen MR) is 137 cm³/mol. The predicted octanol–water partition coefficient (Wildman–Crippen LogP) is 4.55. The van der Waals surface area contributed by atoms with Gasteiger partial charge < -0.3 is 19.9 Å². The van der Waals surface area contributed by atoms with Crippen molar-refractivity contribution in [3.05, 3.63) is 66.4 Å². The average Bonchev–Trinajstić information content (AvgIpc) is 3.54. The average molecular weight is 478 g/mol. The summed E-state index contributed by atoms with van der Waals surface area (Å²) in [5.41, 5.74) is 4.99. The van der Waals surface area contributed by atoms with Crippen LogP contribution in [0.2, 0.25) is 0 Å². The van der Waals surface area contributed by atoms with Gasteiger partial charge in [0.1, 0.15) is 17.1 Å². The van der Waals surface area contributed by atoms with Gasteiger partial charge in [-0.05, 0) is 61.8 Å². The first-order valence-electron chi connectivity index (χ1n) is 11.3. The van der Waals surface area contributed by atoms with E-state index < -0.39 is 0 Å². The second kappa shape index (κ2) is 10.7. The zero-order valence-electron chi connectivity index (χ0n) is 19.1. The lowest BCUT2D eigenvalue weighted by Gasteiger charge is -2.14. The molecule has 1 aliphatic rings. The summed E-state index contributed by atoms with van der Waals surface area (Å²) in [7, 11) is 1.65. The van der Waals surface area contributed by atoms with Crippen LogP contribution in [0.5, 0.6) is 5.75 Å². The summed E-state index contributed by atoms with van der Waals surface area (Å²) in [6, 6.07) is 17.4. The van der Waals surface area contributed by atoms with E-state index in [0.717, 1.165) is 47.6 Å². The molecule has 1 fully saturated rings. The Bertz CT molecular complexity index is 1270. The van der Waals surface area contributed by atoms with Crippen molar-refractivity contribution in [1.29, 1.82) is 0 Å². The minimum Gasteiger partial charge on any atom is -0.497 e. The van der Waals surface area contributed by atoms with Crippen LogP contribution in [0.1, 0.15) is 23.2 Å². The molecule has 1 amide bonds. The number of nitrogens with zero attached hydrogens (tertiary/aromatic N) is 3. The Kier molecular flexibility index (Phi) is 7.45. The highest BCUT2D eigenvalue weighted by Gasteiger charge is 2.14. The van der Waals surface area contributed by atoms with Crippen molar-refractivity contribution in [3.63, 3.8) is 0 Å².